The Balaban J connectivity index is 1.72. The maximum Gasteiger partial charge on any atom is 0.269 e. The van der Waals surface area contributed by atoms with Gasteiger partial charge in [-0.25, -0.2) is 4.98 Å². The van der Waals surface area contributed by atoms with Gasteiger partial charge in [0.2, 0.25) is 5.91 Å². The average Bonchev–Trinajstić information content (AvgIpc) is 2.82. The van der Waals surface area contributed by atoms with Crippen LogP contribution in [-0.2, 0) is 11.3 Å². The lowest BCUT2D eigenvalue weighted by molar-refractivity contribution is -0.119. The number of benzene rings is 2. The van der Waals surface area contributed by atoms with Gasteiger partial charge in [-0.1, -0.05) is 24.3 Å². The van der Waals surface area contributed by atoms with E-state index in [2.05, 4.69) is 17.2 Å². The van der Waals surface area contributed by atoms with Crippen molar-refractivity contribution in [3.8, 4) is 0 Å². The second-order valence-corrected chi connectivity index (χ2v) is 6.57. The fraction of sp³-hybridized carbons (Fsp3) is 0.250. The summed E-state index contributed by atoms with van der Waals surface area (Å²) in [7, 11) is 0. The minimum absolute atomic E-state index is 0.00934. The van der Waals surface area contributed by atoms with Crippen LogP contribution >= 0.6 is 0 Å². The second-order valence-electron chi connectivity index (χ2n) is 6.57. The lowest BCUT2D eigenvalue weighted by Crippen LogP contribution is -2.37. The quantitative estimate of drug-likeness (QED) is 0.773. The van der Waals surface area contributed by atoms with Gasteiger partial charge in [0.15, 0.2) is 0 Å². The third-order valence-electron chi connectivity index (χ3n) is 4.73. The molecule has 0 saturated heterocycles. The number of rotatable bonds is 2. The van der Waals surface area contributed by atoms with Gasteiger partial charge in [-0.15, -0.1) is 0 Å². The number of nitrogens with zero attached hydrogens (tertiary/aromatic N) is 3. The molecule has 1 aromatic heterocycles. The molecule has 0 spiro atoms. The van der Waals surface area contributed by atoms with E-state index < -0.39 is 0 Å². The van der Waals surface area contributed by atoms with Crippen molar-refractivity contribution < 1.29 is 4.79 Å². The van der Waals surface area contributed by atoms with Gasteiger partial charge in [0.1, 0.15) is 6.54 Å². The van der Waals surface area contributed by atoms with Crippen LogP contribution in [0.2, 0.25) is 0 Å². The lowest BCUT2D eigenvalue weighted by atomic mass is 10.2. The smallest absolute Gasteiger partial charge is 0.269 e. The maximum atomic E-state index is 13.1. The standard InChI is InChI=1S/C20H20N4O2/c1-14-10-11-23(18-9-5-3-7-16(18)22-14)20(26)13-24-17-8-4-2-6-15(17)21-12-19(24)25/h2-9,12,14,22H,10-11,13H2,1H3/t14-/m0/s1. The Morgan fingerprint density at radius 1 is 1.19 bits per heavy atom. The zero-order chi connectivity index (χ0) is 18.1. The van der Waals surface area contributed by atoms with Crippen molar-refractivity contribution in [1.82, 2.24) is 9.55 Å². The molecule has 6 nitrogen and oxygen atoms in total. The minimum Gasteiger partial charge on any atom is -0.381 e. The molecule has 4 rings (SSSR count). The molecule has 3 aromatic rings. The molecule has 6 heteroatoms. The molecule has 2 heterocycles. The van der Waals surface area contributed by atoms with Gasteiger partial charge in [-0.3, -0.25) is 14.2 Å². The van der Waals surface area contributed by atoms with E-state index in [1.54, 1.807) is 4.90 Å². The van der Waals surface area contributed by atoms with Crippen molar-refractivity contribution in [2.24, 2.45) is 0 Å². The number of hydrogen-bond acceptors (Lipinski definition) is 4. The molecule has 132 valence electrons. The molecule has 0 unspecified atom stereocenters. The van der Waals surface area contributed by atoms with E-state index in [4.69, 9.17) is 0 Å². The van der Waals surface area contributed by atoms with Crippen LogP contribution in [0.3, 0.4) is 0 Å². The van der Waals surface area contributed by atoms with Gasteiger partial charge in [-0.2, -0.15) is 0 Å². The summed E-state index contributed by atoms with van der Waals surface area (Å²) < 4.78 is 1.50. The molecule has 0 saturated carbocycles. The van der Waals surface area contributed by atoms with Gasteiger partial charge in [0, 0.05) is 12.6 Å². The SMILES string of the molecule is C[C@H]1CCN(C(=O)Cn2c(=O)cnc3ccccc32)c2ccccc2N1. The maximum absolute atomic E-state index is 13.1. The number of anilines is 2. The highest BCUT2D eigenvalue weighted by Crippen LogP contribution is 2.30. The van der Waals surface area contributed by atoms with E-state index in [0.717, 1.165) is 17.8 Å². The molecule has 1 N–H and O–H groups in total. The van der Waals surface area contributed by atoms with Gasteiger partial charge in [0.25, 0.3) is 5.56 Å². The van der Waals surface area contributed by atoms with Crippen LogP contribution < -0.4 is 15.8 Å². The van der Waals surface area contributed by atoms with E-state index in [-0.39, 0.29) is 24.1 Å². The van der Waals surface area contributed by atoms with E-state index in [1.807, 2.05) is 48.5 Å². The molecule has 0 radical (unpaired) electrons. The van der Waals surface area contributed by atoms with Crippen LogP contribution in [0.25, 0.3) is 11.0 Å². The number of nitrogens with one attached hydrogen (secondary N) is 1. The molecular formula is C20H20N4O2. The molecule has 26 heavy (non-hydrogen) atoms. The summed E-state index contributed by atoms with van der Waals surface area (Å²) in [6, 6.07) is 15.4. The van der Waals surface area contributed by atoms with Crippen LogP contribution in [0, 0.1) is 0 Å². The number of amides is 1. The summed E-state index contributed by atoms with van der Waals surface area (Å²) in [4.78, 5) is 31.4. The normalized spacial score (nSPS) is 16.7. The Hall–Kier alpha value is -3.15. The van der Waals surface area contributed by atoms with Crippen molar-refractivity contribution in [2.75, 3.05) is 16.8 Å². The third-order valence-corrected chi connectivity index (χ3v) is 4.73. The monoisotopic (exact) mass is 348 g/mol. The number of carbonyl (C=O) groups is 1. The summed E-state index contributed by atoms with van der Waals surface area (Å²) in [6.07, 6.45) is 2.11. The molecule has 2 aromatic carbocycles. The highest BCUT2D eigenvalue weighted by atomic mass is 16.2. The van der Waals surface area contributed by atoms with Gasteiger partial charge in [-0.05, 0) is 37.6 Å². The Bertz CT molecular complexity index is 1030. The fourth-order valence-corrected chi connectivity index (χ4v) is 3.37. The first-order chi connectivity index (χ1) is 12.6. The van der Waals surface area contributed by atoms with Gasteiger partial charge < -0.3 is 10.2 Å². The summed E-state index contributed by atoms with van der Waals surface area (Å²) in [6.45, 7) is 2.71. The summed E-state index contributed by atoms with van der Waals surface area (Å²) in [5, 5.41) is 3.44. The molecule has 1 amide bonds. The Labute approximate surface area is 151 Å². The zero-order valence-corrected chi connectivity index (χ0v) is 14.6. The fourth-order valence-electron chi connectivity index (χ4n) is 3.37. The van der Waals surface area contributed by atoms with Crippen LogP contribution in [0.15, 0.2) is 59.5 Å². The van der Waals surface area contributed by atoms with Crippen molar-refractivity contribution >= 4 is 28.3 Å². The molecule has 1 atom stereocenters. The number of aromatic nitrogens is 2. The average molecular weight is 348 g/mol. The Morgan fingerprint density at radius 2 is 1.96 bits per heavy atom. The Kier molecular flexibility index (Phi) is 4.16. The predicted molar refractivity (Wildman–Crippen MR) is 102 cm³/mol. The minimum atomic E-state index is -0.272. The van der Waals surface area contributed by atoms with Gasteiger partial charge >= 0.3 is 0 Å². The molecule has 1 aliphatic heterocycles. The van der Waals surface area contributed by atoms with Crippen molar-refractivity contribution in [2.45, 2.75) is 25.9 Å². The highest BCUT2D eigenvalue weighted by molar-refractivity contribution is 5.97. The van der Waals surface area contributed by atoms with Crippen LogP contribution in [0.4, 0.5) is 11.4 Å². The van der Waals surface area contributed by atoms with E-state index in [0.29, 0.717) is 17.6 Å². The first-order valence-corrected chi connectivity index (χ1v) is 8.74. The largest absolute Gasteiger partial charge is 0.381 e. The molecular weight excluding hydrogens is 328 g/mol. The van der Waals surface area contributed by atoms with E-state index in [1.165, 1.54) is 10.8 Å². The first kappa shape index (κ1) is 16.3. The van der Waals surface area contributed by atoms with Crippen molar-refractivity contribution in [1.29, 1.82) is 0 Å². The van der Waals surface area contributed by atoms with Crippen molar-refractivity contribution in [3.05, 3.63) is 65.1 Å². The van der Waals surface area contributed by atoms with Crippen molar-refractivity contribution in [3.63, 3.8) is 0 Å². The lowest BCUT2D eigenvalue weighted by Gasteiger charge is -2.23. The number of fused-ring (bicyclic) bond motifs is 2. The molecule has 1 aliphatic rings. The topological polar surface area (TPSA) is 67.2 Å². The summed E-state index contributed by atoms with van der Waals surface area (Å²) in [5.74, 6) is -0.105. The molecule has 0 fully saturated rings. The first-order valence-electron chi connectivity index (χ1n) is 8.74. The summed E-state index contributed by atoms with van der Waals surface area (Å²) in [5.41, 5.74) is 2.90. The second kappa shape index (κ2) is 6.63. The van der Waals surface area contributed by atoms with Crippen LogP contribution in [0.5, 0.6) is 0 Å². The van der Waals surface area contributed by atoms with E-state index in [9.17, 15) is 9.59 Å². The van der Waals surface area contributed by atoms with E-state index >= 15 is 0 Å². The summed E-state index contributed by atoms with van der Waals surface area (Å²) >= 11 is 0. The molecule has 0 aliphatic carbocycles. The van der Waals surface area contributed by atoms with Crippen LogP contribution in [-0.4, -0.2) is 28.0 Å². The number of hydrogen-bond donors (Lipinski definition) is 1. The van der Waals surface area contributed by atoms with Crippen LogP contribution in [0.1, 0.15) is 13.3 Å². The highest BCUT2D eigenvalue weighted by Gasteiger charge is 2.24. The molecule has 0 bridgehead atoms. The van der Waals surface area contributed by atoms with Gasteiger partial charge in [0.05, 0.1) is 28.6 Å². The Morgan fingerprint density at radius 3 is 2.85 bits per heavy atom. The zero-order valence-electron chi connectivity index (χ0n) is 14.6. The number of para-hydroxylation sites is 4. The predicted octanol–water partition coefficient (Wildman–Crippen LogP) is 2.63. The third kappa shape index (κ3) is 2.94. The number of carbonyl (C=O) groups excluding carboxylic acids is 1.